The minimum absolute atomic E-state index is 0.137. The molecule has 3 aromatic rings. The first-order valence-corrected chi connectivity index (χ1v) is 10.2. The highest BCUT2D eigenvalue weighted by Gasteiger charge is 2.33. The number of carbonyl (C=O) groups excluding carboxylic acids is 1. The van der Waals surface area contributed by atoms with Gasteiger partial charge in [-0.25, -0.2) is 0 Å². The molecule has 3 aromatic carbocycles. The molecule has 0 saturated heterocycles. The number of amides is 1. The summed E-state index contributed by atoms with van der Waals surface area (Å²) in [5.41, 5.74) is 2.71. The van der Waals surface area contributed by atoms with Crippen LogP contribution in [0, 0.1) is 6.92 Å². The Kier molecular flexibility index (Phi) is 6.29. The fourth-order valence-corrected chi connectivity index (χ4v) is 3.76. The summed E-state index contributed by atoms with van der Waals surface area (Å²) in [5.74, 6) is 0.939. The third-order valence-electron chi connectivity index (χ3n) is 5.28. The number of hydrogen-bond acceptors (Lipinski definition) is 4. The quantitative estimate of drug-likeness (QED) is 0.425. The van der Waals surface area contributed by atoms with Crippen LogP contribution < -0.4 is 14.4 Å². The third kappa shape index (κ3) is 4.96. The van der Waals surface area contributed by atoms with Gasteiger partial charge in [0, 0.05) is 23.9 Å². The summed E-state index contributed by atoms with van der Waals surface area (Å²) in [7, 11) is 1.55. The summed E-state index contributed by atoms with van der Waals surface area (Å²) < 4.78 is 55.1. The highest BCUT2D eigenvalue weighted by Crippen LogP contribution is 2.36. The van der Waals surface area contributed by atoms with Crippen molar-refractivity contribution in [2.45, 2.75) is 26.3 Å². The number of benzene rings is 3. The highest BCUT2D eigenvalue weighted by molar-refractivity contribution is 6.10. The number of rotatable bonds is 7. The second-order valence-electron chi connectivity index (χ2n) is 7.71. The Labute approximate surface area is 189 Å². The van der Waals surface area contributed by atoms with Crippen LogP contribution in [-0.2, 0) is 24.1 Å². The molecule has 1 amide bonds. The van der Waals surface area contributed by atoms with Crippen LogP contribution in [0.2, 0.25) is 0 Å². The predicted molar refractivity (Wildman–Crippen MR) is 116 cm³/mol. The Hall–Kier alpha value is -3.52. The van der Waals surface area contributed by atoms with Gasteiger partial charge < -0.3 is 19.1 Å². The average molecular weight is 457 g/mol. The summed E-state index contributed by atoms with van der Waals surface area (Å²) >= 11 is 0. The van der Waals surface area contributed by atoms with Crippen molar-refractivity contribution in [3.8, 4) is 11.5 Å². The number of nitrogens with zero attached hydrogens (tertiary/aromatic N) is 1. The lowest BCUT2D eigenvalue weighted by Crippen LogP contribution is -2.23. The zero-order chi connectivity index (χ0) is 23.6. The number of halogens is 3. The lowest BCUT2D eigenvalue weighted by Gasteiger charge is -2.17. The number of hydrogen-bond donors (Lipinski definition) is 0. The van der Waals surface area contributed by atoms with Gasteiger partial charge in [-0.3, -0.25) is 4.79 Å². The first kappa shape index (κ1) is 22.7. The van der Waals surface area contributed by atoms with Crippen LogP contribution in [0.1, 0.15) is 32.6 Å². The lowest BCUT2D eigenvalue weighted by molar-refractivity contribution is -0.137. The summed E-state index contributed by atoms with van der Waals surface area (Å²) in [6.07, 6.45) is -4.43. The molecule has 0 saturated carbocycles. The number of ether oxygens (including phenoxy) is 3. The highest BCUT2D eigenvalue weighted by atomic mass is 19.4. The molecule has 0 spiro atoms. The lowest BCUT2D eigenvalue weighted by atomic mass is 10.1. The molecule has 172 valence electrons. The molecule has 0 aromatic heterocycles. The van der Waals surface area contributed by atoms with Gasteiger partial charge in [0.1, 0.15) is 18.1 Å². The van der Waals surface area contributed by atoms with E-state index in [4.69, 9.17) is 14.2 Å². The van der Waals surface area contributed by atoms with Crippen LogP contribution in [0.4, 0.5) is 18.9 Å². The topological polar surface area (TPSA) is 48.0 Å². The molecule has 8 heteroatoms. The van der Waals surface area contributed by atoms with Gasteiger partial charge in [0.25, 0.3) is 5.91 Å². The Balaban J connectivity index is 1.52. The van der Waals surface area contributed by atoms with Crippen molar-refractivity contribution < 1.29 is 32.2 Å². The molecule has 0 unspecified atom stereocenters. The second kappa shape index (κ2) is 9.15. The van der Waals surface area contributed by atoms with Crippen molar-refractivity contribution in [2.75, 3.05) is 18.8 Å². The fraction of sp³-hybridized carbons (Fsp3) is 0.240. The van der Waals surface area contributed by atoms with Crippen LogP contribution in [0.5, 0.6) is 11.5 Å². The van der Waals surface area contributed by atoms with Gasteiger partial charge in [-0.05, 0) is 66.6 Å². The number of alkyl halides is 3. The van der Waals surface area contributed by atoms with E-state index >= 15 is 0 Å². The summed E-state index contributed by atoms with van der Waals surface area (Å²) in [6.45, 7) is 2.56. The van der Waals surface area contributed by atoms with Crippen molar-refractivity contribution in [3.05, 3.63) is 88.5 Å². The van der Waals surface area contributed by atoms with Crippen molar-refractivity contribution in [2.24, 2.45) is 0 Å². The molecule has 0 bridgehead atoms. The van der Waals surface area contributed by atoms with E-state index in [0.717, 1.165) is 23.3 Å². The maximum Gasteiger partial charge on any atom is 0.416 e. The van der Waals surface area contributed by atoms with E-state index < -0.39 is 11.7 Å². The number of anilines is 1. The van der Waals surface area contributed by atoms with Crippen LogP contribution in [0.25, 0.3) is 0 Å². The monoisotopic (exact) mass is 457 g/mol. The molecule has 0 aliphatic carbocycles. The molecule has 0 atom stereocenters. The minimum Gasteiger partial charge on any atom is -0.489 e. The Morgan fingerprint density at radius 3 is 2.45 bits per heavy atom. The van der Waals surface area contributed by atoms with Crippen LogP contribution in [-0.4, -0.2) is 19.8 Å². The molecule has 33 heavy (non-hydrogen) atoms. The van der Waals surface area contributed by atoms with E-state index in [-0.39, 0.29) is 25.9 Å². The normalized spacial score (nSPS) is 13.2. The molecule has 1 heterocycles. The minimum atomic E-state index is -4.43. The van der Waals surface area contributed by atoms with Crippen molar-refractivity contribution in [1.29, 1.82) is 0 Å². The van der Waals surface area contributed by atoms with Gasteiger partial charge in [0.2, 0.25) is 0 Å². The van der Waals surface area contributed by atoms with Crippen LogP contribution >= 0.6 is 0 Å². The van der Waals surface area contributed by atoms with Crippen LogP contribution in [0.3, 0.4) is 0 Å². The Bertz CT molecular complexity index is 1160. The molecular formula is C25H22F3NO4. The van der Waals surface area contributed by atoms with Crippen molar-refractivity contribution >= 4 is 11.6 Å². The molecule has 0 N–H and O–H groups in total. The van der Waals surface area contributed by atoms with Gasteiger partial charge in [0.05, 0.1) is 12.1 Å². The third-order valence-corrected chi connectivity index (χ3v) is 5.28. The fourth-order valence-electron chi connectivity index (χ4n) is 3.76. The molecule has 5 nitrogen and oxygen atoms in total. The van der Waals surface area contributed by atoms with Gasteiger partial charge in [0.15, 0.2) is 6.79 Å². The molecule has 0 fully saturated rings. The smallest absolute Gasteiger partial charge is 0.416 e. The van der Waals surface area contributed by atoms with E-state index in [2.05, 4.69) is 0 Å². The second-order valence-corrected chi connectivity index (χ2v) is 7.71. The zero-order valence-corrected chi connectivity index (χ0v) is 18.1. The maximum absolute atomic E-state index is 12.9. The van der Waals surface area contributed by atoms with Gasteiger partial charge in [-0.15, -0.1) is 0 Å². The summed E-state index contributed by atoms with van der Waals surface area (Å²) in [4.78, 5) is 14.4. The average Bonchev–Trinajstić information content (AvgIpc) is 3.12. The van der Waals surface area contributed by atoms with Crippen molar-refractivity contribution in [1.82, 2.24) is 0 Å². The van der Waals surface area contributed by atoms with E-state index in [1.165, 1.54) is 17.0 Å². The van der Waals surface area contributed by atoms with E-state index in [9.17, 15) is 18.0 Å². The standard InChI is InChI=1S/C25H22F3NO4/c1-16-10-17(12-20(11-16)33-15-31-2)14-32-23-5-3-4-21-22(23)13-29(24(21)30)19-8-6-18(7-9-19)25(26,27)28/h3-12H,13-15H2,1-2H3. The number of aryl methyl sites for hydroxylation is 1. The number of methoxy groups -OCH3 is 1. The molecule has 1 aliphatic rings. The largest absolute Gasteiger partial charge is 0.489 e. The van der Waals surface area contributed by atoms with Gasteiger partial charge in [-0.1, -0.05) is 12.1 Å². The van der Waals surface area contributed by atoms with Gasteiger partial charge in [-0.2, -0.15) is 13.2 Å². The zero-order valence-electron chi connectivity index (χ0n) is 18.1. The Morgan fingerprint density at radius 2 is 1.76 bits per heavy atom. The van der Waals surface area contributed by atoms with Gasteiger partial charge >= 0.3 is 6.18 Å². The SMILES string of the molecule is COCOc1cc(C)cc(COc2cccc3c2CN(c2ccc(C(F)(F)F)cc2)C3=O)c1. The predicted octanol–water partition coefficient (Wildman–Crippen LogP) is 5.74. The molecular weight excluding hydrogens is 435 g/mol. The first-order valence-electron chi connectivity index (χ1n) is 10.2. The number of carbonyl (C=O) groups is 1. The van der Waals surface area contributed by atoms with Crippen molar-refractivity contribution in [3.63, 3.8) is 0 Å². The van der Waals surface area contributed by atoms with E-state index in [0.29, 0.717) is 28.3 Å². The maximum atomic E-state index is 12.9. The molecule has 1 aliphatic heterocycles. The van der Waals surface area contributed by atoms with E-state index in [1.54, 1.807) is 25.3 Å². The summed E-state index contributed by atoms with van der Waals surface area (Å²) in [6, 6.07) is 15.5. The van der Waals surface area contributed by atoms with E-state index in [1.807, 2.05) is 25.1 Å². The Morgan fingerprint density at radius 1 is 1.00 bits per heavy atom. The number of fused-ring (bicyclic) bond motifs is 1. The molecule has 0 radical (unpaired) electrons. The molecule has 4 rings (SSSR count). The first-order chi connectivity index (χ1) is 15.8. The van der Waals surface area contributed by atoms with Crippen LogP contribution in [0.15, 0.2) is 60.7 Å². The summed E-state index contributed by atoms with van der Waals surface area (Å²) in [5, 5.41) is 0.